The van der Waals surface area contributed by atoms with Crippen molar-refractivity contribution in [2.45, 2.75) is 60.0 Å². The second-order valence-corrected chi connectivity index (χ2v) is 8.55. The van der Waals surface area contributed by atoms with E-state index >= 15 is 0 Å². The van der Waals surface area contributed by atoms with Gasteiger partial charge in [-0.2, -0.15) is 0 Å². The summed E-state index contributed by atoms with van der Waals surface area (Å²) >= 11 is 0. The molecule has 0 saturated heterocycles. The van der Waals surface area contributed by atoms with Crippen LogP contribution in [0.25, 0.3) is 0 Å². The molecule has 0 unspecified atom stereocenters. The van der Waals surface area contributed by atoms with Gasteiger partial charge in [-0.15, -0.1) is 0 Å². The Morgan fingerprint density at radius 2 is 1.70 bits per heavy atom. The summed E-state index contributed by atoms with van der Waals surface area (Å²) in [6, 6.07) is 0. The maximum absolute atomic E-state index is 12.8. The topological polar surface area (TPSA) is 74.6 Å². The summed E-state index contributed by atoms with van der Waals surface area (Å²) in [6.45, 7) is 9.74. The van der Waals surface area contributed by atoms with Crippen LogP contribution >= 0.6 is 0 Å². The monoisotopic (exact) mass is 318 g/mol. The van der Waals surface area contributed by atoms with Gasteiger partial charge in [0.1, 0.15) is 5.76 Å². The summed E-state index contributed by atoms with van der Waals surface area (Å²) in [4.78, 5) is 25.3. The molecule has 0 aromatic carbocycles. The van der Waals surface area contributed by atoms with Crippen LogP contribution in [0, 0.1) is 22.7 Å². The first-order chi connectivity index (χ1) is 10.5. The third-order valence-corrected chi connectivity index (χ3v) is 6.26. The Morgan fingerprint density at radius 3 is 2.26 bits per heavy atom. The van der Waals surface area contributed by atoms with E-state index in [0.717, 1.165) is 19.3 Å². The van der Waals surface area contributed by atoms with Crippen LogP contribution in [0.3, 0.4) is 0 Å². The van der Waals surface area contributed by atoms with Crippen LogP contribution in [-0.4, -0.2) is 27.9 Å². The number of ketones is 2. The highest BCUT2D eigenvalue weighted by Gasteiger charge is 2.62. The van der Waals surface area contributed by atoms with Crippen LogP contribution in [0.2, 0.25) is 0 Å². The number of Topliss-reactive ketones (excluding diaryl/α,β-unsaturated/α-hetero) is 2. The summed E-state index contributed by atoms with van der Waals surface area (Å²) in [5.74, 6) is -1.69. The summed E-state index contributed by atoms with van der Waals surface area (Å²) < 4.78 is 0. The van der Waals surface area contributed by atoms with Crippen molar-refractivity contribution >= 4 is 11.6 Å². The molecular formula is C19H26O4. The lowest BCUT2D eigenvalue weighted by molar-refractivity contribution is -0.134. The van der Waals surface area contributed by atoms with Gasteiger partial charge < -0.3 is 10.2 Å². The van der Waals surface area contributed by atoms with Crippen LogP contribution in [0.4, 0.5) is 0 Å². The van der Waals surface area contributed by atoms with Gasteiger partial charge in [0.05, 0.1) is 6.10 Å². The molecule has 23 heavy (non-hydrogen) atoms. The fourth-order valence-electron chi connectivity index (χ4n) is 5.43. The zero-order valence-corrected chi connectivity index (χ0v) is 14.6. The molecule has 1 saturated carbocycles. The quantitative estimate of drug-likeness (QED) is 0.575. The van der Waals surface area contributed by atoms with E-state index in [9.17, 15) is 19.8 Å². The molecule has 4 nitrogen and oxygen atoms in total. The summed E-state index contributed by atoms with van der Waals surface area (Å²) in [5.41, 5.74) is 0.147. The number of rotatable bonds is 1. The SMILES string of the molecule is CC(C)C1=C(O)C2=C(C(=O)C1=O)[C@@]1(C)CCCC(C)(C)[C@@H]1[C@H]2O. The van der Waals surface area contributed by atoms with Crippen molar-refractivity contribution in [2.24, 2.45) is 22.7 Å². The minimum absolute atomic E-state index is 0.146. The van der Waals surface area contributed by atoms with Crippen molar-refractivity contribution in [3.63, 3.8) is 0 Å². The highest BCUT2D eigenvalue weighted by molar-refractivity contribution is 6.50. The first kappa shape index (κ1) is 16.4. The Bertz CT molecular complexity index is 665. The molecule has 0 aromatic heterocycles. The van der Waals surface area contributed by atoms with Gasteiger partial charge in [-0.25, -0.2) is 0 Å². The van der Waals surface area contributed by atoms with Gasteiger partial charge in [-0.1, -0.05) is 41.0 Å². The third-order valence-electron chi connectivity index (χ3n) is 6.26. The van der Waals surface area contributed by atoms with Crippen LogP contribution < -0.4 is 0 Å². The van der Waals surface area contributed by atoms with Gasteiger partial charge in [0, 0.05) is 28.1 Å². The van der Waals surface area contributed by atoms with Crippen molar-refractivity contribution in [3.05, 3.63) is 22.5 Å². The zero-order valence-electron chi connectivity index (χ0n) is 14.6. The third kappa shape index (κ3) is 1.94. The first-order valence-corrected chi connectivity index (χ1v) is 8.49. The van der Waals surface area contributed by atoms with Gasteiger partial charge in [-0.3, -0.25) is 9.59 Å². The molecule has 0 aromatic rings. The van der Waals surface area contributed by atoms with E-state index in [-0.39, 0.29) is 28.6 Å². The van der Waals surface area contributed by atoms with E-state index in [0.29, 0.717) is 11.1 Å². The van der Waals surface area contributed by atoms with Crippen molar-refractivity contribution in [3.8, 4) is 0 Å². The smallest absolute Gasteiger partial charge is 0.233 e. The maximum atomic E-state index is 12.8. The van der Waals surface area contributed by atoms with Crippen molar-refractivity contribution in [2.75, 3.05) is 0 Å². The van der Waals surface area contributed by atoms with E-state index in [1.165, 1.54) is 0 Å². The molecule has 0 heterocycles. The van der Waals surface area contributed by atoms with Gasteiger partial charge in [0.2, 0.25) is 11.6 Å². The molecule has 0 bridgehead atoms. The van der Waals surface area contributed by atoms with E-state index in [2.05, 4.69) is 13.8 Å². The Hall–Kier alpha value is -1.42. The Kier molecular flexibility index (Phi) is 3.42. The summed E-state index contributed by atoms with van der Waals surface area (Å²) in [6.07, 6.45) is 1.79. The molecule has 0 amide bonds. The second kappa shape index (κ2) is 4.79. The van der Waals surface area contributed by atoms with Gasteiger partial charge in [-0.05, 0) is 24.2 Å². The standard InChI is InChI=1S/C19H26O4/c1-9(2)10-13(20)11-12(16(23)14(10)21)19(5)8-6-7-18(3,4)17(19)15(11)22/h9,15,17,20,22H,6-8H2,1-5H3/t15-,17-,19+/m0/s1. The molecule has 3 aliphatic rings. The molecule has 0 spiro atoms. The van der Waals surface area contributed by atoms with E-state index in [1.807, 2.05) is 6.92 Å². The normalized spacial score (nSPS) is 36.7. The Morgan fingerprint density at radius 1 is 1.09 bits per heavy atom. The number of allylic oxidation sites excluding steroid dienone is 2. The van der Waals surface area contributed by atoms with Crippen molar-refractivity contribution < 1.29 is 19.8 Å². The van der Waals surface area contributed by atoms with Crippen LogP contribution in [0.15, 0.2) is 22.5 Å². The second-order valence-electron chi connectivity index (χ2n) is 8.55. The molecule has 3 aliphatic carbocycles. The molecule has 2 N–H and O–H groups in total. The number of carbonyl (C=O) groups is 2. The number of aliphatic hydroxyl groups is 2. The van der Waals surface area contributed by atoms with Gasteiger partial charge in [0.25, 0.3) is 0 Å². The fraction of sp³-hybridized carbons (Fsp3) is 0.684. The van der Waals surface area contributed by atoms with Crippen LogP contribution in [-0.2, 0) is 9.59 Å². The molecule has 1 fully saturated rings. The highest BCUT2D eigenvalue weighted by atomic mass is 16.3. The lowest BCUT2D eigenvalue weighted by Gasteiger charge is -2.49. The molecule has 3 atom stereocenters. The predicted octanol–water partition coefficient (Wildman–Crippen LogP) is 3.11. The largest absolute Gasteiger partial charge is 0.507 e. The predicted molar refractivity (Wildman–Crippen MR) is 86.8 cm³/mol. The van der Waals surface area contributed by atoms with E-state index < -0.39 is 23.1 Å². The molecule has 4 heteroatoms. The van der Waals surface area contributed by atoms with Crippen molar-refractivity contribution in [1.82, 2.24) is 0 Å². The Balaban J connectivity index is 2.26. The molecule has 3 rings (SSSR count). The maximum Gasteiger partial charge on any atom is 0.233 e. The molecular weight excluding hydrogens is 292 g/mol. The fourth-order valence-corrected chi connectivity index (χ4v) is 5.43. The van der Waals surface area contributed by atoms with Gasteiger partial charge in [0.15, 0.2) is 0 Å². The molecule has 0 aliphatic heterocycles. The van der Waals surface area contributed by atoms with E-state index in [4.69, 9.17) is 0 Å². The molecule has 126 valence electrons. The zero-order chi connectivity index (χ0) is 17.3. The minimum Gasteiger partial charge on any atom is -0.507 e. The van der Waals surface area contributed by atoms with Gasteiger partial charge >= 0.3 is 0 Å². The lowest BCUT2D eigenvalue weighted by atomic mass is 9.55. The number of carbonyl (C=O) groups excluding carboxylic acids is 2. The lowest BCUT2D eigenvalue weighted by Crippen LogP contribution is -2.46. The number of hydrogen-bond donors (Lipinski definition) is 2. The molecule has 0 radical (unpaired) electrons. The number of hydrogen-bond acceptors (Lipinski definition) is 4. The number of fused-ring (bicyclic) bond motifs is 2. The van der Waals surface area contributed by atoms with E-state index in [1.54, 1.807) is 13.8 Å². The highest BCUT2D eigenvalue weighted by Crippen LogP contribution is 2.63. The summed E-state index contributed by atoms with van der Waals surface area (Å²) in [7, 11) is 0. The Labute approximate surface area is 137 Å². The summed E-state index contributed by atoms with van der Waals surface area (Å²) in [5, 5.41) is 21.7. The van der Waals surface area contributed by atoms with Crippen molar-refractivity contribution in [1.29, 1.82) is 0 Å². The number of aliphatic hydroxyl groups excluding tert-OH is 2. The van der Waals surface area contributed by atoms with Crippen LogP contribution in [0.1, 0.15) is 53.9 Å². The van der Waals surface area contributed by atoms with Crippen LogP contribution in [0.5, 0.6) is 0 Å². The first-order valence-electron chi connectivity index (χ1n) is 8.49. The minimum atomic E-state index is -0.893. The average Bonchev–Trinajstić information content (AvgIpc) is 2.65. The average molecular weight is 318 g/mol.